The summed E-state index contributed by atoms with van der Waals surface area (Å²) in [4.78, 5) is 4.41. The van der Waals surface area contributed by atoms with E-state index in [4.69, 9.17) is 0 Å². The Morgan fingerprint density at radius 2 is 2.00 bits per heavy atom. The molecular weight excluding hydrogens is 198 g/mol. The van der Waals surface area contributed by atoms with E-state index in [2.05, 4.69) is 34.7 Å². The number of nitrogens with zero attached hydrogens (tertiary/aromatic N) is 1. The maximum atomic E-state index is 4.41. The van der Waals surface area contributed by atoms with Crippen LogP contribution in [0.1, 0.15) is 18.4 Å². The molecule has 16 heavy (non-hydrogen) atoms. The zero-order valence-corrected chi connectivity index (χ0v) is 9.74. The molecule has 0 radical (unpaired) electrons. The van der Waals surface area contributed by atoms with Crippen LogP contribution in [0.25, 0.3) is 0 Å². The number of hydrogen-bond acceptors (Lipinski definition) is 3. The van der Waals surface area contributed by atoms with Crippen molar-refractivity contribution in [2.24, 2.45) is 11.8 Å². The predicted octanol–water partition coefficient (Wildman–Crippen LogP) is 1.80. The van der Waals surface area contributed by atoms with Crippen LogP contribution < -0.4 is 10.6 Å². The van der Waals surface area contributed by atoms with E-state index in [0.29, 0.717) is 6.04 Å². The summed E-state index contributed by atoms with van der Waals surface area (Å²) in [5.74, 6) is 2.81. The Balaban J connectivity index is 1.62. The molecule has 2 fully saturated rings. The average Bonchev–Trinajstić information content (AvgIpc) is 2.81. The first kappa shape index (κ1) is 10.1. The molecule has 0 amide bonds. The average molecular weight is 217 g/mol. The fraction of sp³-hybridized carbons (Fsp3) is 0.615. The van der Waals surface area contributed by atoms with Gasteiger partial charge in [0.15, 0.2) is 0 Å². The number of anilines is 1. The lowest BCUT2D eigenvalue weighted by molar-refractivity contribution is 0.494. The largest absolute Gasteiger partial charge is 0.367 e. The Kier molecular flexibility index (Phi) is 2.56. The third-order valence-corrected chi connectivity index (χ3v) is 3.92. The van der Waals surface area contributed by atoms with Crippen LogP contribution in [0.15, 0.2) is 18.3 Å². The number of fused-ring (bicyclic) bond motifs is 1. The number of hydrogen-bond donors (Lipinski definition) is 2. The molecule has 3 atom stereocenters. The highest BCUT2D eigenvalue weighted by atomic mass is 15.0. The summed E-state index contributed by atoms with van der Waals surface area (Å²) < 4.78 is 0. The summed E-state index contributed by atoms with van der Waals surface area (Å²) in [5, 5.41) is 7.03. The van der Waals surface area contributed by atoms with Gasteiger partial charge in [-0.3, -0.25) is 0 Å². The van der Waals surface area contributed by atoms with Crippen molar-refractivity contribution in [2.45, 2.75) is 25.8 Å². The SMILES string of the molecule is Cc1ccc(N[C@@H]2C[C@H]3CNC[C@H]3C2)nc1. The minimum Gasteiger partial charge on any atom is -0.367 e. The van der Waals surface area contributed by atoms with Crippen LogP contribution in [0.4, 0.5) is 5.82 Å². The minimum absolute atomic E-state index is 0.632. The smallest absolute Gasteiger partial charge is 0.126 e. The van der Waals surface area contributed by atoms with Gasteiger partial charge >= 0.3 is 0 Å². The number of aromatic nitrogens is 1. The van der Waals surface area contributed by atoms with Crippen molar-refractivity contribution in [1.29, 1.82) is 0 Å². The maximum Gasteiger partial charge on any atom is 0.126 e. The first-order valence-corrected chi connectivity index (χ1v) is 6.21. The fourth-order valence-corrected chi connectivity index (χ4v) is 3.05. The predicted molar refractivity (Wildman–Crippen MR) is 65.5 cm³/mol. The van der Waals surface area contributed by atoms with Gasteiger partial charge < -0.3 is 10.6 Å². The molecule has 1 saturated heterocycles. The minimum atomic E-state index is 0.632. The lowest BCUT2D eigenvalue weighted by atomic mass is 10.0. The molecule has 2 aliphatic rings. The zero-order chi connectivity index (χ0) is 11.0. The zero-order valence-electron chi connectivity index (χ0n) is 9.74. The molecule has 1 aliphatic heterocycles. The molecule has 1 aromatic rings. The van der Waals surface area contributed by atoms with E-state index in [-0.39, 0.29) is 0 Å². The van der Waals surface area contributed by atoms with E-state index in [1.807, 2.05) is 6.20 Å². The van der Waals surface area contributed by atoms with Crippen LogP contribution in [-0.4, -0.2) is 24.1 Å². The van der Waals surface area contributed by atoms with Crippen molar-refractivity contribution >= 4 is 5.82 Å². The Bertz CT molecular complexity index is 348. The van der Waals surface area contributed by atoms with Crippen molar-refractivity contribution in [1.82, 2.24) is 10.3 Å². The van der Waals surface area contributed by atoms with Gasteiger partial charge in [0.2, 0.25) is 0 Å². The van der Waals surface area contributed by atoms with Gasteiger partial charge in [0.25, 0.3) is 0 Å². The highest BCUT2D eigenvalue weighted by molar-refractivity contribution is 5.36. The lowest BCUT2D eigenvalue weighted by Crippen LogP contribution is -2.20. The fourth-order valence-electron chi connectivity index (χ4n) is 3.05. The summed E-state index contributed by atoms with van der Waals surface area (Å²) >= 11 is 0. The van der Waals surface area contributed by atoms with Crippen LogP contribution in [0.3, 0.4) is 0 Å². The van der Waals surface area contributed by atoms with Crippen LogP contribution >= 0.6 is 0 Å². The molecule has 86 valence electrons. The number of nitrogens with one attached hydrogen (secondary N) is 2. The van der Waals surface area contributed by atoms with Gasteiger partial charge in [0.1, 0.15) is 5.82 Å². The van der Waals surface area contributed by atoms with E-state index in [1.54, 1.807) is 0 Å². The molecular formula is C13H19N3. The van der Waals surface area contributed by atoms with Gasteiger partial charge in [-0.1, -0.05) is 6.07 Å². The number of aryl methyl sites for hydroxylation is 1. The Hall–Kier alpha value is -1.09. The highest BCUT2D eigenvalue weighted by Gasteiger charge is 2.37. The number of pyridine rings is 1. The second kappa shape index (κ2) is 4.06. The second-order valence-corrected chi connectivity index (χ2v) is 5.21. The third kappa shape index (κ3) is 1.92. The van der Waals surface area contributed by atoms with Gasteiger partial charge in [0, 0.05) is 12.2 Å². The molecule has 0 unspecified atom stereocenters. The summed E-state index contributed by atoms with van der Waals surface area (Å²) in [6.07, 6.45) is 4.53. The summed E-state index contributed by atoms with van der Waals surface area (Å²) in [7, 11) is 0. The third-order valence-electron chi connectivity index (χ3n) is 3.92. The highest BCUT2D eigenvalue weighted by Crippen LogP contribution is 2.35. The van der Waals surface area contributed by atoms with Crippen molar-refractivity contribution in [2.75, 3.05) is 18.4 Å². The molecule has 2 N–H and O–H groups in total. The van der Waals surface area contributed by atoms with Crippen molar-refractivity contribution in [3.8, 4) is 0 Å². The molecule has 0 bridgehead atoms. The van der Waals surface area contributed by atoms with Crippen molar-refractivity contribution in [3.63, 3.8) is 0 Å². The first-order valence-electron chi connectivity index (χ1n) is 6.21. The Labute approximate surface area is 96.7 Å². The molecule has 3 nitrogen and oxygen atoms in total. The van der Waals surface area contributed by atoms with Gasteiger partial charge in [0.05, 0.1) is 0 Å². The van der Waals surface area contributed by atoms with E-state index < -0.39 is 0 Å². The maximum absolute atomic E-state index is 4.41. The van der Waals surface area contributed by atoms with Crippen LogP contribution in [0, 0.1) is 18.8 Å². The van der Waals surface area contributed by atoms with Gasteiger partial charge in [-0.2, -0.15) is 0 Å². The first-order chi connectivity index (χ1) is 7.81. The van der Waals surface area contributed by atoms with Crippen LogP contribution in [-0.2, 0) is 0 Å². The van der Waals surface area contributed by atoms with Crippen LogP contribution in [0.5, 0.6) is 0 Å². The van der Waals surface area contributed by atoms with Gasteiger partial charge in [-0.25, -0.2) is 4.98 Å². The molecule has 1 aliphatic carbocycles. The van der Waals surface area contributed by atoms with Crippen molar-refractivity contribution < 1.29 is 0 Å². The Morgan fingerprint density at radius 3 is 2.62 bits per heavy atom. The standard InChI is InChI=1S/C13H19N3/c1-9-2-3-13(15-6-9)16-12-4-10-7-14-8-11(10)5-12/h2-3,6,10-12,14H,4-5,7-8H2,1H3,(H,15,16)/t10-,11+,12+. The molecule has 2 heterocycles. The van der Waals surface area contributed by atoms with Gasteiger partial charge in [-0.15, -0.1) is 0 Å². The van der Waals surface area contributed by atoms with Crippen LogP contribution in [0.2, 0.25) is 0 Å². The lowest BCUT2D eigenvalue weighted by Gasteiger charge is -2.14. The van der Waals surface area contributed by atoms with Crippen molar-refractivity contribution in [3.05, 3.63) is 23.9 Å². The molecule has 3 heteroatoms. The molecule has 1 saturated carbocycles. The van der Waals surface area contributed by atoms with E-state index in [9.17, 15) is 0 Å². The second-order valence-electron chi connectivity index (χ2n) is 5.21. The van der Waals surface area contributed by atoms with Gasteiger partial charge in [-0.05, 0) is 56.3 Å². The van der Waals surface area contributed by atoms with E-state index in [1.165, 1.54) is 31.5 Å². The molecule has 0 aromatic carbocycles. The normalized spacial score (nSPS) is 32.7. The monoisotopic (exact) mass is 217 g/mol. The molecule has 3 rings (SSSR count). The summed E-state index contributed by atoms with van der Waals surface area (Å²) in [6, 6.07) is 4.83. The number of rotatable bonds is 2. The topological polar surface area (TPSA) is 37.0 Å². The molecule has 1 aromatic heterocycles. The van der Waals surface area contributed by atoms with E-state index >= 15 is 0 Å². The molecule has 0 spiro atoms. The summed E-state index contributed by atoms with van der Waals surface area (Å²) in [6.45, 7) is 4.50. The summed E-state index contributed by atoms with van der Waals surface area (Å²) in [5.41, 5.74) is 1.22. The van der Waals surface area contributed by atoms with E-state index in [0.717, 1.165) is 17.7 Å². The quantitative estimate of drug-likeness (QED) is 0.793. The Morgan fingerprint density at radius 1 is 1.25 bits per heavy atom.